The number of methoxy groups -OCH3 is 1. The molecule has 20 heavy (non-hydrogen) atoms. The summed E-state index contributed by atoms with van der Waals surface area (Å²) in [7, 11) is 3.47. The number of nitrogens with one attached hydrogen (secondary N) is 2. The van der Waals surface area contributed by atoms with Gasteiger partial charge in [0.05, 0.1) is 11.6 Å². The maximum Gasteiger partial charge on any atom is 0.224 e. The molecule has 0 fully saturated rings. The second-order valence-corrected chi connectivity index (χ2v) is 4.65. The standard InChI is InChI=1S/C14H21ClN2O3/c1-16-7-3-4-14(18)17-11-5-6-13(12(15)10-11)20-9-8-19-2/h5-6,10,16H,3-4,7-9H2,1-2H3,(H,17,18). The van der Waals surface area contributed by atoms with Crippen molar-refractivity contribution in [2.24, 2.45) is 0 Å². The molecule has 0 unspecified atom stereocenters. The largest absolute Gasteiger partial charge is 0.490 e. The molecule has 5 nitrogen and oxygen atoms in total. The van der Waals surface area contributed by atoms with Crippen molar-refractivity contribution in [2.45, 2.75) is 12.8 Å². The van der Waals surface area contributed by atoms with Gasteiger partial charge in [0.25, 0.3) is 0 Å². The summed E-state index contributed by atoms with van der Waals surface area (Å²) < 4.78 is 10.3. The van der Waals surface area contributed by atoms with E-state index < -0.39 is 0 Å². The van der Waals surface area contributed by atoms with Crippen LogP contribution in [0.25, 0.3) is 0 Å². The number of carbonyl (C=O) groups excluding carboxylic acids is 1. The number of carbonyl (C=O) groups is 1. The Hall–Kier alpha value is -1.30. The number of amides is 1. The van der Waals surface area contributed by atoms with Gasteiger partial charge in [0.2, 0.25) is 5.91 Å². The van der Waals surface area contributed by atoms with Gasteiger partial charge in [-0.25, -0.2) is 0 Å². The van der Waals surface area contributed by atoms with E-state index in [2.05, 4.69) is 10.6 Å². The smallest absolute Gasteiger partial charge is 0.224 e. The van der Waals surface area contributed by atoms with E-state index in [1.807, 2.05) is 7.05 Å². The van der Waals surface area contributed by atoms with Crippen LogP contribution >= 0.6 is 11.6 Å². The quantitative estimate of drug-likeness (QED) is 0.687. The van der Waals surface area contributed by atoms with Gasteiger partial charge >= 0.3 is 0 Å². The topological polar surface area (TPSA) is 59.6 Å². The van der Waals surface area contributed by atoms with Gasteiger partial charge in [-0.2, -0.15) is 0 Å². The van der Waals surface area contributed by atoms with E-state index in [9.17, 15) is 4.79 Å². The normalized spacial score (nSPS) is 10.3. The molecule has 0 aliphatic carbocycles. The molecule has 1 amide bonds. The minimum Gasteiger partial charge on any atom is -0.490 e. The van der Waals surface area contributed by atoms with Crippen LogP contribution in [0.15, 0.2) is 18.2 Å². The summed E-state index contributed by atoms with van der Waals surface area (Å²) in [5, 5.41) is 6.27. The Labute approximate surface area is 124 Å². The van der Waals surface area contributed by atoms with Crippen molar-refractivity contribution < 1.29 is 14.3 Å². The second-order valence-electron chi connectivity index (χ2n) is 4.24. The molecule has 2 N–H and O–H groups in total. The van der Waals surface area contributed by atoms with E-state index in [4.69, 9.17) is 21.1 Å². The van der Waals surface area contributed by atoms with Gasteiger partial charge in [0.15, 0.2) is 0 Å². The highest BCUT2D eigenvalue weighted by molar-refractivity contribution is 6.32. The maximum atomic E-state index is 11.7. The van der Waals surface area contributed by atoms with E-state index in [1.165, 1.54) is 0 Å². The Morgan fingerprint density at radius 1 is 1.35 bits per heavy atom. The Balaban J connectivity index is 2.47. The van der Waals surface area contributed by atoms with Crippen LogP contribution in [0.1, 0.15) is 12.8 Å². The molecular weight excluding hydrogens is 280 g/mol. The molecule has 0 aliphatic heterocycles. The molecule has 0 spiro atoms. The first kappa shape index (κ1) is 16.8. The van der Waals surface area contributed by atoms with Crippen molar-refractivity contribution in [2.75, 3.05) is 39.2 Å². The average Bonchev–Trinajstić information content (AvgIpc) is 2.42. The van der Waals surface area contributed by atoms with Gasteiger partial charge in [-0.05, 0) is 38.2 Å². The summed E-state index contributed by atoms with van der Waals surface area (Å²) in [4.78, 5) is 11.7. The molecule has 0 saturated carbocycles. The summed E-state index contributed by atoms with van der Waals surface area (Å²) in [6.45, 7) is 1.76. The second kappa shape index (κ2) is 9.58. The first-order valence-corrected chi connectivity index (χ1v) is 6.91. The van der Waals surface area contributed by atoms with Crippen LogP contribution in [0.4, 0.5) is 5.69 Å². The zero-order chi connectivity index (χ0) is 14.8. The van der Waals surface area contributed by atoms with Crippen LogP contribution in [0.3, 0.4) is 0 Å². The lowest BCUT2D eigenvalue weighted by atomic mass is 10.2. The Bertz CT molecular complexity index is 427. The van der Waals surface area contributed by atoms with E-state index in [-0.39, 0.29) is 5.91 Å². The van der Waals surface area contributed by atoms with Crippen LogP contribution < -0.4 is 15.4 Å². The fraction of sp³-hybridized carbons (Fsp3) is 0.500. The zero-order valence-corrected chi connectivity index (χ0v) is 12.6. The molecule has 112 valence electrons. The average molecular weight is 301 g/mol. The predicted octanol–water partition coefficient (Wildman–Crippen LogP) is 2.30. The molecular formula is C14H21ClN2O3. The number of benzene rings is 1. The zero-order valence-electron chi connectivity index (χ0n) is 11.9. The van der Waals surface area contributed by atoms with Crippen molar-refractivity contribution in [3.63, 3.8) is 0 Å². The van der Waals surface area contributed by atoms with Crippen molar-refractivity contribution in [3.8, 4) is 5.75 Å². The number of halogens is 1. The molecule has 0 bridgehead atoms. The number of anilines is 1. The minimum atomic E-state index is -0.0237. The molecule has 1 aromatic carbocycles. The summed E-state index contributed by atoms with van der Waals surface area (Å²) >= 11 is 6.09. The molecule has 0 aromatic heterocycles. The van der Waals surface area contributed by atoms with Gasteiger partial charge < -0.3 is 20.1 Å². The van der Waals surface area contributed by atoms with Gasteiger partial charge in [0, 0.05) is 19.2 Å². The van der Waals surface area contributed by atoms with Crippen LogP contribution in [0.2, 0.25) is 5.02 Å². The summed E-state index contributed by atoms with van der Waals surface area (Å²) in [6.07, 6.45) is 1.28. The third-order valence-electron chi connectivity index (χ3n) is 2.59. The first-order valence-electron chi connectivity index (χ1n) is 6.53. The molecule has 0 heterocycles. The summed E-state index contributed by atoms with van der Waals surface area (Å²) in [5.74, 6) is 0.557. The van der Waals surface area contributed by atoms with Crippen molar-refractivity contribution in [1.82, 2.24) is 5.32 Å². The van der Waals surface area contributed by atoms with Crippen LogP contribution in [0.5, 0.6) is 5.75 Å². The SMILES string of the molecule is CNCCCC(=O)Nc1ccc(OCCOC)c(Cl)c1. The highest BCUT2D eigenvalue weighted by Crippen LogP contribution is 2.27. The first-order chi connectivity index (χ1) is 9.67. The predicted molar refractivity (Wildman–Crippen MR) is 80.6 cm³/mol. The Kier molecular flexibility index (Phi) is 8.02. The van der Waals surface area contributed by atoms with Gasteiger partial charge in [0.1, 0.15) is 12.4 Å². The van der Waals surface area contributed by atoms with E-state index in [0.717, 1.165) is 13.0 Å². The third kappa shape index (κ3) is 6.23. The van der Waals surface area contributed by atoms with Crippen LogP contribution in [-0.2, 0) is 9.53 Å². The Morgan fingerprint density at radius 2 is 2.15 bits per heavy atom. The van der Waals surface area contributed by atoms with Crippen LogP contribution in [0, 0.1) is 0 Å². The lowest BCUT2D eigenvalue weighted by Gasteiger charge is -2.10. The van der Waals surface area contributed by atoms with Gasteiger partial charge in [-0.1, -0.05) is 11.6 Å². The number of hydrogen-bond donors (Lipinski definition) is 2. The molecule has 1 rings (SSSR count). The highest BCUT2D eigenvalue weighted by Gasteiger charge is 2.06. The number of rotatable bonds is 9. The van der Waals surface area contributed by atoms with Crippen molar-refractivity contribution >= 4 is 23.2 Å². The van der Waals surface area contributed by atoms with Gasteiger partial charge in [-0.15, -0.1) is 0 Å². The van der Waals surface area contributed by atoms with Gasteiger partial charge in [-0.3, -0.25) is 4.79 Å². The maximum absolute atomic E-state index is 11.7. The molecule has 0 radical (unpaired) electrons. The van der Waals surface area contributed by atoms with Crippen molar-refractivity contribution in [3.05, 3.63) is 23.2 Å². The highest BCUT2D eigenvalue weighted by atomic mass is 35.5. The van der Waals surface area contributed by atoms with E-state index in [1.54, 1.807) is 25.3 Å². The fourth-order valence-electron chi connectivity index (χ4n) is 1.58. The van der Waals surface area contributed by atoms with Crippen molar-refractivity contribution in [1.29, 1.82) is 0 Å². The third-order valence-corrected chi connectivity index (χ3v) is 2.89. The molecule has 0 saturated heterocycles. The lowest BCUT2D eigenvalue weighted by molar-refractivity contribution is -0.116. The summed E-state index contributed by atoms with van der Waals surface area (Å²) in [5.41, 5.74) is 0.670. The summed E-state index contributed by atoms with van der Waals surface area (Å²) in [6, 6.07) is 5.19. The molecule has 0 atom stereocenters. The minimum absolute atomic E-state index is 0.0237. The molecule has 0 aliphatic rings. The fourth-order valence-corrected chi connectivity index (χ4v) is 1.81. The van der Waals surface area contributed by atoms with Crippen LogP contribution in [-0.4, -0.2) is 39.8 Å². The van der Waals surface area contributed by atoms with E-state index in [0.29, 0.717) is 36.1 Å². The molecule has 6 heteroatoms. The Morgan fingerprint density at radius 3 is 2.80 bits per heavy atom. The molecule has 1 aromatic rings. The number of ether oxygens (including phenoxy) is 2. The lowest BCUT2D eigenvalue weighted by Crippen LogP contribution is -2.15. The number of hydrogen-bond acceptors (Lipinski definition) is 4. The monoisotopic (exact) mass is 300 g/mol. The van der Waals surface area contributed by atoms with E-state index >= 15 is 0 Å².